The van der Waals surface area contributed by atoms with Crippen molar-refractivity contribution in [3.05, 3.63) is 68.4 Å². The van der Waals surface area contributed by atoms with Gasteiger partial charge in [-0.25, -0.2) is 4.98 Å². The van der Waals surface area contributed by atoms with Crippen LogP contribution in [0.1, 0.15) is 32.5 Å². The first-order valence-corrected chi connectivity index (χ1v) is 10.8. The average Bonchev–Trinajstić information content (AvgIpc) is 3.22. The highest BCUT2D eigenvalue weighted by Gasteiger charge is 2.14. The van der Waals surface area contributed by atoms with Crippen molar-refractivity contribution in [3.63, 3.8) is 0 Å². The number of nitriles is 1. The summed E-state index contributed by atoms with van der Waals surface area (Å²) in [6.45, 7) is 8.38. The van der Waals surface area contributed by atoms with Crippen molar-refractivity contribution in [2.45, 2.75) is 34.1 Å². The Hall–Kier alpha value is -3.37. The van der Waals surface area contributed by atoms with Crippen LogP contribution in [-0.2, 0) is 11.2 Å². The molecule has 0 saturated heterocycles. The van der Waals surface area contributed by atoms with Crippen LogP contribution in [0.5, 0.6) is 5.75 Å². The molecule has 1 N–H and O–H groups in total. The minimum absolute atomic E-state index is 0.0900. The van der Waals surface area contributed by atoms with Crippen LogP contribution in [0.15, 0.2) is 35.9 Å². The number of nitrogens with one attached hydrogen (secondary N) is 1. The second-order valence-corrected chi connectivity index (χ2v) is 8.56. The van der Waals surface area contributed by atoms with Gasteiger partial charge in [-0.1, -0.05) is 0 Å². The van der Waals surface area contributed by atoms with Gasteiger partial charge >= 0.3 is 0 Å². The summed E-state index contributed by atoms with van der Waals surface area (Å²) in [5.41, 5.74) is 4.90. The van der Waals surface area contributed by atoms with Crippen molar-refractivity contribution in [2.75, 3.05) is 13.7 Å². The topological polar surface area (TPSA) is 79.9 Å². The second kappa shape index (κ2) is 9.63. The fourth-order valence-corrected chi connectivity index (χ4v) is 4.49. The number of hydrogen-bond donors (Lipinski definition) is 1. The van der Waals surface area contributed by atoms with Crippen LogP contribution in [0.25, 0.3) is 11.8 Å². The fraction of sp³-hybridized carbons (Fsp3) is 0.292. The molecule has 1 aromatic carbocycles. The van der Waals surface area contributed by atoms with Gasteiger partial charge in [-0.05, 0) is 69.7 Å². The van der Waals surface area contributed by atoms with Gasteiger partial charge in [-0.15, -0.1) is 11.3 Å². The molecule has 0 unspecified atom stereocenters. The van der Waals surface area contributed by atoms with Gasteiger partial charge in [0.25, 0.3) is 5.91 Å². The highest BCUT2D eigenvalue weighted by Crippen LogP contribution is 2.24. The van der Waals surface area contributed by atoms with Gasteiger partial charge in [0.15, 0.2) is 0 Å². The molecule has 2 aromatic heterocycles. The highest BCUT2D eigenvalue weighted by atomic mass is 32.1. The molecule has 7 heteroatoms. The number of carbonyl (C=O) groups is 1. The Balaban J connectivity index is 1.76. The first-order chi connectivity index (χ1) is 14.8. The molecule has 0 fully saturated rings. The van der Waals surface area contributed by atoms with E-state index in [0.717, 1.165) is 44.0 Å². The van der Waals surface area contributed by atoms with Crippen molar-refractivity contribution in [3.8, 4) is 17.5 Å². The van der Waals surface area contributed by atoms with Gasteiger partial charge in [0.05, 0.1) is 17.8 Å². The molecule has 0 saturated carbocycles. The summed E-state index contributed by atoms with van der Waals surface area (Å²) < 4.78 is 7.32. The number of aryl methyl sites for hydroxylation is 3. The van der Waals surface area contributed by atoms with Gasteiger partial charge in [0.2, 0.25) is 0 Å². The summed E-state index contributed by atoms with van der Waals surface area (Å²) in [6, 6.07) is 11.8. The minimum Gasteiger partial charge on any atom is -0.497 e. The number of hydrogen-bond acceptors (Lipinski definition) is 5. The van der Waals surface area contributed by atoms with Crippen LogP contribution in [0.3, 0.4) is 0 Å². The monoisotopic (exact) mass is 434 g/mol. The molecule has 0 spiro atoms. The zero-order chi connectivity index (χ0) is 22.5. The maximum atomic E-state index is 12.6. The van der Waals surface area contributed by atoms with E-state index in [1.54, 1.807) is 24.5 Å². The number of amides is 1. The Labute approximate surface area is 186 Å². The number of benzene rings is 1. The van der Waals surface area contributed by atoms with E-state index in [1.807, 2.05) is 64.1 Å². The van der Waals surface area contributed by atoms with Crippen molar-refractivity contribution in [1.29, 1.82) is 5.26 Å². The predicted molar refractivity (Wildman–Crippen MR) is 124 cm³/mol. The Morgan fingerprint density at radius 2 is 1.97 bits per heavy atom. The fourth-order valence-electron chi connectivity index (χ4n) is 3.56. The van der Waals surface area contributed by atoms with Crippen LogP contribution in [0.4, 0.5) is 0 Å². The van der Waals surface area contributed by atoms with E-state index in [4.69, 9.17) is 4.74 Å². The summed E-state index contributed by atoms with van der Waals surface area (Å²) in [6.07, 6.45) is 2.35. The second-order valence-electron chi connectivity index (χ2n) is 7.28. The van der Waals surface area contributed by atoms with E-state index in [-0.39, 0.29) is 11.5 Å². The average molecular weight is 435 g/mol. The van der Waals surface area contributed by atoms with Crippen molar-refractivity contribution < 1.29 is 9.53 Å². The van der Waals surface area contributed by atoms with Crippen LogP contribution in [0.2, 0.25) is 0 Å². The van der Waals surface area contributed by atoms with Crippen LogP contribution < -0.4 is 10.1 Å². The Morgan fingerprint density at radius 1 is 1.26 bits per heavy atom. The van der Waals surface area contributed by atoms with E-state index in [2.05, 4.69) is 14.9 Å². The molecule has 0 radical (unpaired) electrons. The Bertz CT molecular complexity index is 1160. The number of rotatable bonds is 7. The zero-order valence-electron chi connectivity index (χ0n) is 18.4. The largest absolute Gasteiger partial charge is 0.497 e. The third-order valence-electron chi connectivity index (χ3n) is 5.10. The van der Waals surface area contributed by atoms with E-state index in [9.17, 15) is 10.1 Å². The lowest BCUT2D eigenvalue weighted by atomic mass is 10.1. The Morgan fingerprint density at radius 3 is 2.55 bits per heavy atom. The van der Waals surface area contributed by atoms with Gasteiger partial charge in [0.1, 0.15) is 17.4 Å². The maximum Gasteiger partial charge on any atom is 0.261 e. The molecule has 3 aromatic rings. The quantitative estimate of drug-likeness (QED) is 0.440. The van der Waals surface area contributed by atoms with E-state index < -0.39 is 0 Å². The molecule has 0 aliphatic heterocycles. The number of nitrogens with zero attached hydrogens (tertiary/aromatic N) is 3. The minimum atomic E-state index is -0.365. The molecule has 160 valence electrons. The number of ether oxygens (including phenoxy) is 1. The molecular weight excluding hydrogens is 408 g/mol. The lowest BCUT2D eigenvalue weighted by molar-refractivity contribution is -0.117. The van der Waals surface area contributed by atoms with Crippen LogP contribution in [0, 0.1) is 39.0 Å². The molecule has 1 amide bonds. The molecule has 0 aliphatic rings. The smallest absolute Gasteiger partial charge is 0.261 e. The number of carbonyl (C=O) groups excluding carboxylic acids is 1. The molecule has 2 heterocycles. The molecular formula is C24H26N4O2S. The normalized spacial score (nSPS) is 11.3. The zero-order valence-corrected chi connectivity index (χ0v) is 19.3. The predicted octanol–water partition coefficient (Wildman–Crippen LogP) is 4.44. The van der Waals surface area contributed by atoms with Crippen LogP contribution >= 0.6 is 11.3 Å². The van der Waals surface area contributed by atoms with Crippen molar-refractivity contribution >= 4 is 23.3 Å². The summed E-state index contributed by atoms with van der Waals surface area (Å²) in [5, 5.41) is 13.4. The third-order valence-corrected chi connectivity index (χ3v) is 6.24. The van der Waals surface area contributed by atoms with Crippen LogP contribution in [-0.4, -0.2) is 29.1 Å². The molecule has 31 heavy (non-hydrogen) atoms. The SMILES string of the molecule is COc1ccc(-n2c(C)cc(/C=C(/C#N)C(=O)NCCc3sc(C)nc3C)c2C)cc1. The first kappa shape index (κ1) is 22.3. The summed E-state index contributed by atoms with van der Waals surface area (Å²) >= 11 is 1.64. The van der Waals surface area contributed by atoms with Crippen molar-refractivity contribution in [2.24, 2.45) is 0 Å². The number of methoxy groups -OCH3 is 1. The van der Waals surface area contributed by atoms with Gasteiger partial charge in [-0.2, -0.15) is 5.26 Å². The summed E-state index contributed by atoms with van der Waals surface area (Å²) in [7, 11) is 1.64. The summed E-state index contributed by atoms with van der Waals surface area (Å²) in [4.78, 5) is 18.1. The summed E-state index contributed by atoms with van der Waals surface area (Å²) in [5.74, 6) is 0.425. The maximum absolute atomic E-state index is 12.6. The number of aromatic nitrogens is 2. The van der Waals surface area contributed by atoms with Gasteiger partial charge < -0.3 is 14.6 Å². The molecule has 3 rings (SSSR count). The van der Waals surface area contributed by atoms with E-state index >= 15 is 0 Å². The lowest BCUT2D eigenvalue weighted by Crippen LogP contribution is -2.26. The Kier molecular flexibility index (Phi) is 6.93. The van der Waals surface area contributed by atoms with E-state index in [0.29, 0.717) is 13.0 Å². The molecule has 6 nitrogen and oxygen atoms in total. The molecule has 0 aliphatic carbocycles. The van der Waals surface area contributed by atoms with Crippen molar-refractivity contribution in [1.82, 2.24) is 14.9 Å². The highest BCUT2D eigenvalue weighted by molar-refractivity contribution is 7.11. The number of thiazole rings is 1. The van der Waals surface area contributed by atoms with E-state index in [1.165, 1.54) is 0 Å². The first-order valence-electron chi connectivity index (χ1n) is 10.00. The third kappa shape index (κ3) is 5.04. The van der Waals surface area contributed by atoms with Gasteiger partial charge in [-0.3, -0.25) is 4.79 Å². The van der Waals surface area contributed by atoms with Gasteiger partial charge in [0, 0.05) is 34.9 Å². The lowest BCUT2D eigenvalue weighted by Gasteiger charge is -2.10. The molecule has 0 bridgehead atoms. The standard InChI is InChI=1S/C24H26N4O2S/c1-15-12-19(17(3)28(15)21-6-8-22(30-5)9-7-21)13-20(14-25)24(29)26-11-10-23-16(2)27-18(4)31-23/h6-9,12-13H,10-11H2,1-5H3,(H,26,29)/b20-13-. The molecule has 0 atom stereocenters.